The molecule has 39 heavy (non-hydrogen) atoms. The molecule has 10 heteroatoms. The number of fused-ring (bicyclic) bond motifs is 1. The van der Waals surface area contributed by atoms with Gasteiger partial charge in [-0.2, -0.15) is 13.2 Å². The Morgan fingerprint density at radius 1 is 1.15 bits per heavy atom. The van der Waals surface area contributed by atoms with Gasteiger partial charge in [0.05, 0.1) is 17.5 Å². The Kier molecular flexibility index (Phi) is 6.09. The van der Waals surface area contributed by atoms with E-state index in [1.165, 1.54) is 11.0 Å². The van der Waals surface area contributed by atoms with Crippen LogP contribution in [0.25, 0.3) is 0 Å². The van der Waals surface area contributed by atoms with Crippen molar-refractivity contribution in [1.82, 2.24) is 20.1 Å². The van der Waals surface area contributed by atoms with Crippen molar-refractivity contribution in [2.75, 3.05) is 4.90 Å². The second kappa shape index (κ2) is 9.15. The molecule has 3 aromatic rings. The van der Waals surface area contributed by atoms with E-state index in [0.29, 0.717) is 29.9 Å². The van der Waals surface area contributed by atoms with E-state index in [4.69, 9.17) is 0 Å². The second-order valence-corrected chi connectivity index (χ2v) is 11.6. The van der Waals surface area contributed by atoms with E-state index in [0.717, 1.165) is 24.8 Å². The number of halogens is 4. The van der Waals surface area contributed by atoms with Gasteiger partial charge < -0.3 is 14.8 Å². The fourth-order valence-corrected chi connectivity index (χ4v) is 6.50. The van der Waals surface area contributed by atoms with Crippen molar-refractivity contribution in [2.45, 2.75) is 81.8 Å². The minimum atomic E-state index is -4.59. The van der Waals surface area contributed by atoms with Gasteiger partial charge >= 0.3 is 6.18 Å². The Labute approximate surface area is 224 Å². The van der Waals surface area contributed by atoms with E-state index in [2.05, 4.69) is 22.4 Å². The Morgan fingerprint density at radius 2 is 1.95 bits per heavy atom. The van der Waals surface area contributed by atoms with Crippen molar-refractivity contribution in [1.29, 1.82) is 0 Å². The van der Waals surface area contributed by atoms with Gasteiger partial charge in [0.15, 0.2) is 0 Å². The minimum absolute atomic E-state index is 0.00999. The summed E-state index contributed by atoms with van der Waals surface area (Å²) in [5, 5.41) is 11.6. The van der Waals surface area contributed by atoms with Crippen molar-refractivity contribution < 1.29 is 22.4 Å². The zero-order valence-corrected chi connectivity index (χ0v) is 22.0. The molecule has 2 aliphatic carbocycles. The lowest BCUT2D eigenvalue weighted by Crippen LogP contribution is -2.47. The summed E-state index contributed by atoms with van der Waals surface area (Å²) in [4.78, 5) is 15.0. The molecule has 1 aromatic heterocycles. The Bertz CT molecular complexity index is 1430. The highest BCUT2D eigenvalue weighted by atomic mass is 19.4. The molecule has 2 heterocycles. The molecule has 1 aliphatic heterocycles. The van der Waals surface area contributed by atoms with E-state index >= 15 is 0 Å². The Balaban J connectivity index is 1.36. The molecule has 0 saturated heterocycles. The van der Waals surface area contributed by atoms with Gasteiger partial charge in [0.1, 0.15) is 18.3 Å². The molecular formula is C29H31F4N5O. The highest BCUT2D eigenvalue weighted by Gasteiger charge is 2.46. The summed E-state index contributed by atoms with van der Waals surface area (Å²) in [6.07, 6.45) is 0.145. The van der Waals surface area contributed by atoms with Crippen LogP contribution >= 0.6 is 0 Å². The van der Waals surface area contributed by atoms with Crippen LogP contribution < -0.4 is 10.2 Å². The molecule has 6 nitrogen and oxygen atoms in total. The van der Waals surface area contributed by atoms with Crippen LogP contribution in [-0.4, -0.2) is 32.4 Å². The van der Waals surface area contributed by atoms with E-state index in [-0.39, 0.29) is 36.2 Å². The molecule has 0 radical (unpaired) electrons. The lowest BCUT2D eigenvalue weighted by molar-refractivity contribution is -0.138. The van der Waals surface area contributed by atoms with Crippen LogP contribution in [0.3, 0.4) is 0 Å². The summed E-state index contributed by atoms with van der Waals surface area (Å²) in [7, 11) is 1.81. The molecule has 1 amide bonds. The van der Waals surface area contributed by atoms with Crippen LogP contribution in [-0.2, 0) is 31.7 Å². The maximum absolute atomic E-state index is 14.6. The van der Waals surface area contributed by atoms with Crippen molar-refractivity contribution in [3.63, 3.8) is 0 Å². The fourth-order valence-electron chi connectivity index (χ4n) is 6.50. The molecule has 2 fully saturated rings. The SMILES string of the molecule is Cn1cnnc1[C@@]1(c2cccc(N3Cc4c(cc(CNC5(C)CCC5)cc4C(F)(F)F)C3=O)c2)CC[C@H](F)C1. The molecule has 6 rings (SSSR count). The smallest absolute Gasteiger partial charge is 0.320 e. The van der Waals surface area contributed by atoms with E-state index in [1.807, 2.05) is 13.1 Å². The number of anilines is 1. The van der Waals surface area contributed by atoms with Crippen LogP contribution in [0.15, 0.2) is 42.7 Å². The maximum atomic E-state index is 14.6. The number of carbonyl (C=O) groups is 1. The van der Waals surface area contributed by atoms with Crippen LogP contribution in [0.5, 0.6) is 0 Å². The molecular weight excluding hydrogens is 510 g/mol. The normalized spacial score (nSPS) is 24.2. The van der Waals surface area contributed by atoms with Crippen molar-refractivity contribution in [3.8, 4) is 0 Å². The predicted octanol–water partition coefficient (Wildman–Crippen LogP) is 5.83. The highest BCUT2D eigenvalue weighted by molar-refractivity contribution is 6.10. The third-order valence-electron chi connectivity index (χ3n) is 8.89. The van der Waals surface area contributed by atoms with Gasteiger partial charge in [0.2, 0.25) is 0 Å². The third-order valence-corrected chi connectivity index (χ3v) is 8.89. The molecule has 2 atom stereocenters. The summed E-state index contributed by atoms with van der Waals surface area (Å²) >= 11 is 0. The summed E-state index contributed by atoms with van der Waals surface area (Å²) in [5.41, 5.74) is 0.188. The van der Waals surface area contributed by atoms with Gasteiger partial charge in [-0.05, 0) is 86.4 Å². The van der Waals surface area contributed by atoms with E-state index in [9.17, 15) is 22.4 Å². The molecule has 0 spiro atoms. The first-order valence-electron chi connectivity index (χ1n) is 13.4. The van der Waals surface area contributed by atoms with Gasteiger partial charge in [-0.3, -0.25) is 4.79 Å². The zero-order chi connectivity index (χ0) is 27.6. The summed E-state index contributed by atoms with van der Waals surface area (Å²) in [5.74, 6) is 0.166. The highest BCUT2D eigenvalue weighted by Crippen LogP contribution is 2.48. The number of carbonyl (C=O) groups excluding carboxylic acids is 1. The first-order valence-corrected chi connectivity index (χ1v) is 13.4. The third kappa shape index (κ3) is 4.42. The molecule has 3 aliphatic rings. The molecule has 2 aromatic carbocycles. The quantitative estimate of drug-likeness (QED) is 0.399. The second-order valence-electron chi connectivity index (χ2n) is 11.6. The number of benzene rings is 2. The number of amides is 1. The maximum Gasteiger partial charge on any atom is 0.416 e. The lowest BCUT2D eigenvalue weighted by atomic mass is 9.77. The van der Waals surface area contributed by atoms with Crippen molar-refractivity contribution >= 4 is 11.6 Å². The number of hydrogen-bond acceptors (Lipinski definition) is 4. The Hall–Kier alpha value is -3.27. The largest absolute Gasteiger partial charge is 0.416 e. The number of aryl methyl sites for hydroxylation is 1. The van der Waals surface area contributed by atoms with Gasteiger partial charge in [0.25, 0.3) is 5.91 Å². The van der Waals surface area contributed by atoms with Crippen LogP contribution in [0, 0.1) is 0 Å². The first-order chi connectivity index (χ1) is 18.5. The summed E-state index contributed by atoms with van der Waals surface area (Å²) in [6, 6.07) is 9.91. The van der Waals surface area contributed by atoms with E-state index in [1.54, 1.807) is 35.2 Å². The van der Waals surface area contributed by atoms with Gasteiger partial charge in [-0.15, -0.1) is 10.2 Å². The van der Waals surface area contributed by atoms with E-state index < -0.39 is 29.2 Å². The molecule has 0 bridgehead atoms. The average Bonchev–Trinajstić information content (AvgIpc) is 3.58. The zero-order valence-electron chi connectivity index (χ0n) is 22.0. The molecule has 2 saturated carbocycles. The number of rotatable bonds is 6. The van der Waals surface area contributed by atoms with Crippen LogP contribution in [0.4, 0.5) is 23.2 Å². The minimum Gasteiger partial charge on any atom is -0.320 e. The van der Waals surface area contributed by atoms with Crippen LogP contribution in [0.1, 0.15) is 83.9 Å². The molecule has 206 valence electrons. The lowest BCUT2D eigenvalue weighted by Gasteiger charge is -2.39. The van der Waals surface area contributed by atoms with Crippen LogP contribution in [0.2, 0.25) is 0 Å². The molecule has 0 unspecified atom stereocenters. The fraction of sp³-hybridized carbons (Fsp3) is 0.483. The molecule has 1 N–H and O–H groups in total. The number of nitrogens with zero attached hydrogens (tertiary/aromatic N) is 4. The summed E-state index contributed by atoms with van der Waals surface area (Å²) in [6.45, 7) is 2.15. The monoisotopic (exact) mass is 541 g/mol. The van der Waals surface area contributed by atoms with Crippen molar-refractivity contribution in [3.05, 3.63) is 76.4 Å². The van der Waals surface area contributed by atoms with Gasteiger partial charge in [-0.1, -0.05) is 12.1 Å². The Morgan fingerprint density at radius 3 is 2.56 bits per heavy atom. The summed E-state index contributed by atoms with van der Waals surface area (Å²) < 4.78 is 58.9. The van der Waals surface area contributed by atoms with Gasteiger partial charge in [-0.25, -0.2) is 4.39 Å². The number of alkyl halides is 4. The first kappa shape index (κ1) is 26.0. The van der Waals surface area contributed by atoms with Crippen molar-refractivity contribution in [2.24, 2.45) is 7.05 Å². The number of aromatic nitrogens is 3. The number of nitrogens with one attached hydrogen (secondary N) is 1. The standard InChI is InChI=1S/C29H31F4N5O/c1-27(8-4-9-27)34-15-18-11-22-23(24(12-18)29(31,32)33)16-38(25(22)39)21-6-3-5-19(13-21)28(10-7-20(30)14-28)26-36-35-17-37(26)2/h3,5-6,11-13,17,20,34H,4,7-10,14-16H2,1-2H3/t20-,28-/m0/s1. The predicted molar refractivity (Wildman–Crippen MR) is 138 cm³/mol. The van der Waals surface area contributed by atoms with Gasteiger partial charge in [0, 0.05) is 30.4 Å². The topological polar surface area (TPSA) is 63.1 Å². The average molecular weight is 542 g/mol. The number of hydrogen-bond donors (Lipinski definition) is 1.